The van der Waals surface area contributed by atoms with Crippen LogP contribution in [0.4, 0.5) is 0 Å². The molecule has 2 N–H and O–H groups in total. The van der Waals surface area contributed by atoms with Gasteiger partial charge in [0.25, 0.3) is 0 Å². The molecule has 0 unspecified atom stereocenters. The van der Waals surface area contributed by atoms with E-state index in [0.717, 1.165) is 23.2 Å². The molecule has 0 aromatic heterocycles. The molecule has 0 saturated carbocycles. The number of phenols is 1. The molecule has 8 nitrogen and oxygen atoms in total. The van der Waals surface area contributed by atoms with Gasteiger partial charge in [-0.05, 0) is 63.6 Å². The largest absolute Gasteiger partial charge is 0.504 e. The van der Waals surface area contributed by atoms with Gasteiger partial charge in [0.1, 0.15) is 5.76 Å². The third-order valence-corrected chi connectivity index (χ3v) is 8.85. The van der Waals surface area contributed by atoms with Crippen LogP contribution < -0.4 is 4.74 Å². The molecule has 2 aromatic rings. The Morgan fingerprint density at radius 3 is 2.65 bits per heavy atom. The zero-order valence-corrected chi connectivity index (χ0v) is 21.1. The number of piperidine rings is 1. The van der Waals surface area contributed by atoms with Gasteiger partial charge in [-0.2, -0.15) is 0 Å². The van der Waals surface area contributed by atoms with E-state index in [2.05, 4.69) is 4.90 Å². The minimum atomic E-state index is -1.14. The van der Waals surface area contributed by atoms with E-state index in [9.17, 15) is 19.8 Å². The van der Waals surface area contributed by atoms with Gasteiger partial charge in [0.05, 0.1) is 16.9 Å². The Labute approximate surface area is 215 Å². The number of likely N-dealkylation sites (tertiary alicyclic amines) is 1. The van der Waals surface area contributed by atoms with E-state index in [1.54, 1.807) is 19.1 Å². The van der Waals surface area contributed by atoms with Gasteiger partial charge in [0.15, 0.2) is 23.7 Å². The Hall–Kier alpha value is -3.36. The fourth-order valence-corrected chi connectivity index (χ4v) is 6.84. The summed E-state index contributed by atoms with van der Waals surface area (Å²) in [5.74, 6) is -1.14. The van der Waals surface area contributed by atoms with Gasteiger partial charge in [-0.3, -0.25) is 4.79 Å². The lowest BCUT2D eigenvalue weighted by molar-refractivity contribution is -0.175. The van der Waals surface area contributed by atoms with E-state index in [1.807, 2.05) is 43.4 Å². The second-order valence-electron chi connectivity index (χ2n) is 10.7. The molecular weight excluding hydrogens is 474 g/mol. The standard InChI is InChI=1S/C29H31NO7/c1-16(18-7-5-4-6-8-18)26(32)35-17(2)27(33)36-21-11-12-29(34)22-15-19-9-10-20(31)24-23(19)28(29,25(21)37-24)13-14-30(22)3/h4-11,16-17,22,25,31,34H,12-15H2,1-3H3/t16-,17-,22+,25-,28-,29+/m0/s1. The molecular formula is C29H31NO7. The summed E-state index contributed by atoms with van der Waals surface area (Å²) >= 11 is 0. The van der Waals surface area contributed by atoms with Crippen LogP contribution in [0.2, 0.25) is 0 Å². The number of nitrogens with zero attached hydrogens (tertiary/aromatic N) is 1. The number of ether oxygens (including phenoxy) is 3. The molecule has 1 fully saturated rings. The summed E-state index contributed by atoms with van der Waals surface area (Å²) in [4.78, 5) is 27.9. The van der Waals surface area contributed by atoms with Gasteiger partial charge in [-0.1, -0.05) is 36.4 Å². The average molecular weight is 506 g/mol. The highest BCUT2D eigenvalue weighted by molar-refractivity contribution is 5.83. The van der Waals surface area contributed by atoms with E-state index in [0.29, 0.717) is 18.6 Å². The van der Waals surface area contributed by atoms with Crippen molar-refractivity contribution in [3.63, 3.8) is 0 Å². The highest BCUT2D eigenvalue weighted by Crippen LogP contribution is 2.65. The highest BCUT2D eigenvalue weighted by Gasteiger charge is 2.72. The lowest BCUT2D eigenvalue weighted by Crippen LogP contribution is -2.74. The van der Waals surface area contributed by atoms with E-state index in [-0.39, 0.29) is 24.0 Å². The number of phenolic OH excluding ortho intramolecular Hbond substituents is 1. The average Bonchev–Trinajstić information content (AvgIpc) is 3.25. The summed E-state index contributed by atoms with van der Waals surface area (Å²) < 4.78 is 17.6. The summed E-state index contributed by atoms with van der Waals surface area (Å²) in [5, 5.41) is 22.8. The molecule has 6 rings (SSSR count). The number of aliphatic hydroxyl groups is 1. The van der Waals surface area contributed by atoms with E-state index in [1.165, 1.54) is 6.92 Å². The molecule has 2 aliphatic carbocycles. The Morgan fingerprint density at radius 1 is 1.14 bits per heavy atom. The van der Waals surface area contributed by atoms with E-state index >= 15 is 0 Å². The van der Waals surface area contributed by atoms with Gasteiger partial charge in [-0.15, -0.1) is 0 Å². The van der Waals surface area contributed by atoms with E-state index in [4.69, 9.17) is 14.2 Å². The maximum atomic E-state index is 13.1. The zero-order chi connectivity index (χ0) is 26.1. The van der Waals surface area contributed by atoms with Crippen LogP contribution in [-0.4, -0.2) is 64.5 Å². The minimum Gasteiger partial charge on any atom is -0.504 e. The number of aromatic hydroxyl groups is 1. The summed E-state index contributed by atoms with van der Waals surface area (Å²) in [5.41, 5.74) is 0.653. The van der Waals surface area contributed by atoms with Crippen LogP contribution in [0.5, 0.6) is 11.5 Å². The number of rotatable bonds is 5. The highest BCUT2D eigenvalue weighted by atomic mass is 16.6. The molecule has 4 aliphatic rings. The van der Waals surface area contributed by atoms with Crippen LogP contribution in [0, 0.1) is 0 Å². The molecule has 37 heavy (non-hydrogen) atoms. The van der Waals surface area contributed by atoms with Crippen molar-refractivity contribution in [3.8, 4) is 11.5 Å². The van der Waals surface area contributed by atoms with Crippen LogP contribution in [0.1, 0.15) is 49.3 Å². The second kappa shape index (κ2) is 8.33. The third kappa shape index (κ3) is 3.28. The van der Waals surface area contributed by atoms with Crippen LogP contribution in [0.25, 0.3) is 0 Å². The Morgan fingerprint density at radius 2 is 1.89 bits per heavy atom. The molecule has 8 heteroatoms. The fourth-order valence-electron chi connectivity index (χ4n) is 6.84. The molecule has 2 bridgehead atoms. The fraction of sp³-hybridized carbons (Fsp3) is 0.448. The number of carbonyl (C=O) groups is 2. The van der Waals surface area contributed by atoms with Crippen molar-refractivity contribution in [3.05, 3.63) is 71.0 Å². The molecule has 0 radical (unpaired) electrons. The number of hydrogen-bond donors (Lipinski definition) is 2. The molecule has 2 aliphatic heterocycles. The Balaban J connectivity index is 1.27. The topological polar surface area (TPSA) is 106 Å². The molecule has 0 amide bonds. The van der Waals surface area contributed by atoms with Crippen molar-refractivity contribution in [1.29, 1.82) is 0 Å². The number of likely N-dealkylation sites (N-methyl/N-ethyl adjacent to an activating group) is 1. The lowest BCUT2D eigenvalue weighted by Gasteiger charge is -2.61. The molecule has 1 spiro atoms. The smallest absolute Gasteiger partial charge is 0.352 e. The molecule has 2 heterocycles. The van der Waals surface area contributed by atoms with Crippen LogP contribution >= 0.6 is 0 Å². The van der Waals surface area contributed by atoms with Gasteiger partial charge < -0.3 is 29.3 Å². The second-order valence-corrected chi connectivity index (χ2v) is 10.7. The minimum absolute atomic E-state index is 0.00475. The normalized spacial score (nSPS) is 30.9. The van der Waals surface area contributed by atoms with Crippen molar-refractivity contribution >= 4 is 11.9 Å². The van der Waals surface area contributed by atoms with Crippen LogP contribution in [-0.2, 0) is 30.9 Å². The summed E-state index contributed by atoms with van der Waals surface area (Å²) in [6.45, 7) is 3.94. The van der Waals surface area contributed by atoms with Gasteiger partial charge in [0.2, 0.25) is 0 Å². The van der Waals surface area contributed by atoms with Crippen LogP contribution in [0.3, 0.4) is 0 Å². The maximum Gasteiger partial charge on any atom is 0.352 e. The van der Waals surface area contributed by atoms with Crippen molar-refractivity contribution < 1.29 is 34.0 Å². The predicted octanol–water partition coefficient (Wildman–Crippen LogP) is 2.95. The first kappa shape index (κ1) is 24.0. The van der Waals surface area contributed by atoms with Crippen molar-refractivity contribution in [2.75, 3.05) is 13.6 Å². The van der Waals surface area contributed by atoms with Crippen LogP contribution in [0.15, 0.2) is 54.3 Å². The summed E-state index contributed by atoms with van der Waals surface area (Å²) in [7, 11) is 2.01. The number of carbonyl (C=O) groups excluding carboxylic acids is 2. The predicted molar refractivity (Wildman–Crippen MR) is 133 cm³/mol. The Kier molecular flexibility index (Phi) is 5.40. The summed E-state index contributed by atoms with van der Waals surface area (Å²) in [6.07, 6.45) is 1.30. The molecule has 6 atom stereocenters. The zero-order valence-electron chi connectivity index (χ0n) is 21.1. The summed E-state index contributed by atoms with van der Waals surface area (Å²) in [6, 6.07) is 12.6. The first-order valence-corrected chi connectivity index (χ1v) is 12.8. The van der Waals surface area contributed by atoms with Crippen molar-refractivity contribution in [1.82, 2.24) is 4.90 Å². The van der Waals surface area contributed by atoms with Gasteiger partial charge >= 0.3 is 11.9 Å². The molecule has 1 saturated heterocycles. The molecule has 194 valence electrons. The number of esters is 2. The number of hydrogen-bond acceptors (Lipinski definition) is 8. The van der Waals surface area contributed by atoms with Gasteiger partial charge in [0, 0.05) is 18.0 Å². The number of benzene rings is 2. The lowest BCUT2D eigenvalue weighted by atomic mass is 9.50. The van der Waals surface area contributed by atoms with Gasteiger partial charge in [-0.25, -0.2) is 4.79 Å². The first-order chi connectivity index (χ1) is 17.7. The molecule has 2 aromatic carbocycles. The monoisotopic (exact) mass is 505 g/mol. The third-order valence-electron chi connectivity index (χ3n) is 8.85. The quantitative estimate of drug-likeness (QED) is 0.598. The van der Waals surface area contributed by atoms with Crippen molar-refractivity contribution in [2.45, 2.75) is 68.3 Å². The van der Waals surface area contributed by atoms with E-state index < -0.39 is 41.1 Å². The van der Waals surface area contributed by atoms with Crippen molar-refractivity contribution in [2.24, 2.45) is 0 Å². The first-order valence-electron chi connectivity index (χ1n) is 12.8. The SMILES string of the molecule is C[C@H](OC(=O)[C@@H](C)c1ccccc1)C(=O)OC1=CC[C@@]2(O)[C@H]3Cc4ccc(O)c5c4[C@@]2(CCN3C)[C@H]1O5. The maximum absolute atomic E-state index is 13.1. The Bertz CT molecular complexity index is 1310.